The quantitative estimate of drug-likeness (QED) is 0.881. The fraction of sp³-hybridized carbons (Fsp3) is 0.444. The van der Waals surface area contributed by atoms with Crippen LogP contribution >= 0.6 is 0 Å². The third kappa shape index (κ3) is 2.99. The summed E-state index contributed by atoms with van der Waals surface area (Å²) in [5.41, 5.74) is 4.66. The molecule has 22 heavy (non-hydrogen) atoms. The van der Waals surface area contributed by atoms with Gasteiger partial charge in [0.2, 0.25) is 0 Å². The minimum atomic E-state index is -0.184. The number of amides is 1. The van der Waals surface area contributed by atoms with E-state index in [9.17, 15) is 4.79 Å². The first-order valence-electron chi connectivity index (χ1n) is 7.74. The van der Waals surface area contributed by atoms with Gasteiger partial charge in [-0.3, -0.25) is 4.79 Å². The van der Waals surface area contributed by atoms with Gasteiger partial charge in [-0.05, 0) is 68.7 Å². The van der Waals surface area contributed by atoms with Gasteiger partial charge in [0.25, 0.3) is 5.91 Å². The van der Waals surface area contributed by atoms with Gasteiger partial charge in [-0.25, -0.2) is 4.98 Å². The van der Waals surface area contributed by atoms with Gasteiger partial charge in [-0.1, -0.05) is 5.92 Å². The number of aromatic nitrogens is 2. The van der Waals surface area contributed by atoms with Crippen LogP contribution in [0.25, 0.3) is 11.0 Å². The molecule has 1 amide bonds. The molecule has 1 aliphatic carbocycles. The molecule has 4 nitrogen and oxygen atoms in total. The zero-order chi connectivity index (χ0) is 15.7. The summed E-state index contributed by atoms with van der Waals surface area (Å²) in [6.45, 7) is 6.65. The second-order valence-corrected chi connectivity index (χ2v) is 6.11. The third-order valence-electron chi connectivity index (χ3n) is 4.38. The van der Waals surface area contributed by atoms with Crippen LogP contribution in [-0.2, 0) is 11.3 Å². The molecule has 3 rings (SSSR count). The van der Waals surface area contributed by atoms with Crippen molar-refractivity contribution in [3.63, 3.8) is 0 Å². The molecule has 0 saturated heterocycles. The first-order valence-corrected chi connectivity index (χ1v) is 7.74. The summed E-state index contributed by atoms with van der Waals surface area (Å²) in [5.74, 6) is 5.60. The number of benzene rings is 1. The highest BCUT2D eigenvalue weighted by molar-refractivity contribution is 5.93. The predicted molar refractivity (Wildman–Crippen MR) is 87.3 cm³/mol. The summed E-state index contributed by atoms with van der Waals surface area (Å²) < 4.78 is 2.14. The molecule has 1 aromatic heterocycles. The topological polar surface area (TPSA) is 46.9 Å². The Morgan fingerprint density at radius 3 is 2.82 bits per heavy atom. The van der Waals surface area contributed by atoms with Gasteiger partial charge < -0.3 is 9.88 Å². The Balaban J connectivity index is 1.84. The molecule has 0 aliphatic heterocycles. The molecule has 1 N–H and O–H groups in total. The van der Waals surface area contributed by atoms with E-state index < -0.39 is 0 Å². The average Bonchev–Trinajstić information content (AvgIpc) is 3.25. The van der Waals surface area contributed by atoms with E-state index in [1.54, 1.807) is 6.92 Å². The summed E-state index contributed by atoms with van der Waals surface area (Å²) >= 11 is 0. The Kier molecular flexibility index (Phi) is 3.89. The number of hydrogen-bond acceptors (Lipinski definition) is 2. The summed E-state index contributed by atoms with van der Waals surface area (Å²) in [4.78, 5) is 16.3. The van der Waals surface area contributed by atoms with Crippen LogP contribution in [0, 0.1) is 31.6 Å². The van der Waals surface area contributed by atoms with E-state index >= 15 is 0 Å². The van der Waals surface area contributed by atoms with E-state index in [1.165, 1.54) is 24.0 Å². The zero-order valence-electron chi connectivity index (χ0n) is 13.3. The molecule has 0 bridgehead atoms. The lowest BCUT2D eigenvalue weighted by Gasteiger charge is -2.18. The molecular weight excluding hydrogens is 274 g/mol. The molecule has 4 heteroatoms. The Morgan fingerprint density at radius 1 is 1.41 bits per heavy atom. The molecule has 1 heterocycles. The minimum Gasteiger partial charge on any atom is -0.340 e. The van der Waals surface area contributed by atoms with E-state index in [-0.39, 0.29) is 11.9 Å². The molecule has 1 fully saturated rings. The second-order valence-electron chi connectivity index (χ2n) is 6.11. The molecule has 0 radical (unpaired) electrons. The maximum absolute atomic E-state index is 11.8. The maximum atomic E-state index is 11.8. The number of rotatable bonds is 4. The van der Waals surface area contributed by atoms with E-state index in [0.717, 1.165) is 17.6 Å². The summed E-state index contributed by atoms with van der Waals surface area (Å²) in [5, 5.41) is 3.05. The van der Waals surface area contributed by atoms with Crippen molar-refractivity contribution in [2.24, 2.45) is 5.92 Å². The molecular formula is C18H21N3O. The monoisotopic (exact) mass is 295 g/mol. The van der Waals surface area contributed by atoms with Crippen molar-refractivity contribution in [3.05, 3.63) is 29.6 Å². The Labute approximate surface area is 130 Å². The molecule has 1 unspecified atom stereocenters. The maximum Gasteiger partial charge on any atom is 0.296 e. The van der Waals surface area contributed by atoms with Gasteiger partial charge in [-0.15, -0.1) is 0 Å². The first-order chi connectivity index (χ1) is 10.6. The van der Waals surface area contributed by atoms with Crippen LogP contribution in [-0.4, -0.2) is 21.5 Å². The van der Waals surface area contributed by atoms with Gasteiger partial charge >= 0.3 is 0 Å². The van der Waals surface area contributed by atoms with Crippen LogP contribution < -0.4 is 5.32 Å². The van der Waals surface area contributed by atoms with Crippen molar-refractivity contribution in [1.29, 1.82) is 0 Å². The van der Waals surface area contributed by atoms with Crippen LogP contribution in [0.15, 0.2) is 18.5 Å². The van der Waals surface area contributed by atoms with Gasteiger partial charge in [0.1, 0.15) is 0 Å². The second kappa shape index (κ2) is 5.84. The normalized spacial score (nSPS) is 15.2. The van der Waals surface area contributed by atoms with E-state index in [0.29, 0.717) is 5.92 Å². The molecule has 114 valence electrons. The fourth-order valence-electron chi connectivity index (χ4n) is 2.80. The third-order valence-corrected chi connectivity index (χ3v) is 4.38. The number of aryl methyl sites for hydroxylation is 2. The van der Waals surface area contributed by atoms with Crippen molar-refractivity contribution in [2.45, 2.75) is 46.2 Å². The van der Waals surface area contributed by atoms with Crippen LogP contribution in [0.2, 0.25) is 0 Å². The lowest BCUT2D eigenvalue weighted by molar-refractivity contribution is -0.116. The highest BCUT2D eigenvalue weighted by atomic mass is 16.1. The average molecular weight is 295 g/mol. The SMILES string of the molecule is CC#CC(=O)NC(Cn1cnc2cc(C)c(C)cc21)C1CC1. The van der Waals surface area contributed by atoms with Crippen molar-refractivity contribution < 1.29 is 4.79 Å². The van der Waals surface area contributed by atoms with E-state index in [4.69, 9.17) is 0 Å². The Bertz CT molecular complexity index is 775. The molecule has 0 spiro atoms. The molecule has 1 aliphatic rings. The first kappa shape index (κ1) is 14.6. The van der Waals surface area contributed by atoms with Gasteiger partial charge in [0.05, 0.1) is 23.4 Å². The molecule has 1 saturated carbocycles. The minimum absolute atomic E-state index is 0.132. The number of nitrogens with one attached hydrogen (secondary N) is 1. The number of fused-ring (bicyclic) bond motifs is 1. The van der Waals surface area contributed by atoms with E-state index in [2.05, 4.69) is 52.7 Å². The summed E-state index contributed by atoms with van der Waals surface area (Å²) in [6, 6.07) is 4.43. The molecule has 2 aromatic rings. The number of carbonyl (C=O) groups is 1. The van der Waals surface area contributed by atoms with Crippen LogP contribution in [0.5, 0.6) is 0 Å². The highest BCUT2D eigenvalue weighted by Crippen LogP contribution is 2.33. The van der Waals surface area contributed by atoms with Crippen LogP contribution in [0.1, 0.15) is 30.9 Å². The Morgan fingerprint density at radius 2 is 2.14 bits per heavy atom. The largest absolute Gasteiger partial charge is 0.340 e. The zero-order valence-corrected chi connectivity index (χ0v) is 13.3. The van der Waals surface area contributed by atoms with Crippen molar-refractivity contribution >= 4 is 16.9 Å². The van der Waals surface area contributed by atoms with Crippen LogP contribution in [0.4, 0.5) is 0 Å². The number of nitrogens with zero attached hydrogens (tertiary/aromatic N) is 2. The lowest BCUT2D eigenvalue weighted by atomic mass is 10.1. The van der Waals surface area contributed by atoms with Crippen LogP contribution in [0.3, 0.4) is 0 Å². The number of imidazole rings is 1. The smallest absolute Gasteiger partial charge is 0.296 e. The molecule has 1 atom stereocenters. The fourth-order valence-corrected chi connectivity index (χ4v) is 2.80. The Hall–Kier alpha value is -2.28. The van der Waals surface area contributed by atoms with Crippen molar-refractivity contribution in [1.82, 2.24) is 14.9 Å². The highest BCUT2D eigenvalue weighted by Gasteiger charge is 2.32. The summed E-state index contributed by atoms with van der Waals surface area (Å²) in [6.07, 6.45) is 4.22. The standard InChI is InChI=1S/C18H21N3O/c1-4-5-18(22)20-16(14-6-7-14)10-21-11-19-15-8-12(2)13(3)9-17(15)21/h8-9,11,14,16H,6-7,10H2,1-3H3,(H,20,22). The number of carbonyl (C=O) groups excluding carboxylic acids is 1. The van der Waals surface area contributed by atoms with Gasteiger partial charge in [-0.2, -0.15) is 0 Å². The van der Waals surface area contributed by atoms with E-state index in [1.807, 2.05) is 6.33 Å². The number of hydrogen-bond donors (Lipinski definition) is 1. The summed E-state index contributed by atoms with van der Waals surface area (Å²) in [7, 11) is 0. The van der Waals surface area contributed by atoms with Crippen molar-refractivity contribution in [2.75, 3.05) is 0 Å². The lowest BCUT2D eigenvalue weighted by Crippen LogP contribution is -2.38. The van der Waals surface area contributed by atoms with Gasteiger partial charge in [0, 0.05) is 6.54 Å². The molecule has 1 aromatic carbocycles. The van der Waals surface area contributed by atoms with Gasteiger partial charge in [0.15, 0.2) is 0 Å². The van der Waals surface area contributed by atoms with Crippen molar-refractivity contribution in [3.8, 4) is 11.8 Å². The predicted octanol–water partition coefficient (Wildman–Crippen LogP) is 2.57.